The van der Waals surface area contributed by atoms with Gasteiger partial charge in [-0.3, -0.25) is 0 Å². The molecule has 104 valence electrons. The lowest BCUT2D eigenvalue weighted by Gasteiger charge is -2.09. The summed E-state index contributed by atoms with van der Waals surface area (Å²) in [4.78, 5) is 4.00. The zero-order chi connectivity index (χ0) is 14.0. The lowest BCUT2D eigenvalue weighted by Crippen LogP contribution is -2.26. The third kappa shape index (κ3) is 3.21. The second-order valence-electron chi connectivity index (χ2n) is 4.13. The molecule has 1 atom stereocenters. The van der Waals surface area contributed by atoms with Crippen LogP contribution in [-0.4, -0.2) is 13.4 Å². The number of nitrogens with zero attached hydrogens (tertiary/aromatic N) is 1. The molecule has 2 aromatic rings. The minimum absolute atomic E-state index is 0.239. The Bertz CT molecular complexity index is 660. The Kier molecular flexibility index (Phi) is 4.04. The van der Waals surface area contributed by atoms with Gasteiger partial charge in [-0.25, -0.2) is 13.4 Å². The Morgan fingerprint density at radius 3 is 2.84 bits per heavy atom. The van der Waals surface area contributed by atoms with Crippen LogP contribution in [0, 0.1) is 6.92 Å². The minimum Gasteiger partial charge on any atom is -0.444 e. The van der Waals surface area contributed by atoms with Crippen molar-refractivity contribution in [2.75, 3.05) is 0 Å². The lowest BCUT2D eigenvalue weighted by molar-refractivity contribution is 0.428. The van der Waals surface area contributed by atoms with E-state index in [1.807, 2.05) is 0 Å². The van der Waals surface area contributed by atoms with Crippen molar-refractivity contribution in [1.29, 1.82) is 0 Å². The zero-order valence-electron chi connectivity index (χ0n) is 10.6. The van der Waals surface area contributed by atoms with Gasteiger partial charge in [0.25, 0.3) is 10.0 Å². The topological polar surface area (TPSA) is 98.2 Å². The number of hydrogen-bond donors (Lipinski definition) is 2. The van der Waals surface area contributed by atoms with Gasteiger partial charge in [0.2, 0.25) is 5.89 Å². The number of oxazole rings is 1. The summed E-state index contributed by atoms with van der Waals surface area (Å²) < 4.78 is 32.3. The van der Waals surface area contributed by atoms with E-state index in [4.69, 9.17) is 10.2 Å². The molecule has 0 aliphatic heterocycles. The largest absolute Gasteiger partial charge is 0.444 e. The molecule has 0 fully saturated rings. The average Bonchev–Trinajstić information content (AvgIpc) is 2.96. The molecule has 3 N–H and O–H groups in total. The van der Waals surface area contributed by atoms with Gasteiger partial charge in [0.1, 0.15) is 9.97 Å². The summed E-state index contributed by atoms with van der Waals surface area (Å²) in [6.07, 6.45) is 1.55. The number of hydrogen-bond acceptors (Lipinski definition) is 6. The van der Waals surface area contributed by atoms with E-state index in [0.29, 0.717) is 18.2 Å². The molecule has 0 aliphatic rings. The predicted octanol–water partition coefficient (Wildman–Crippen LogP) is 1.54. The molecule has 0 saturated heterocycles. The SMILES string of the molecule is Cc1cnc(C(C)NS(=O)(=O)c2cc(CN)cs2)o1. The summed E-state index contributed by atoms with van der Waals surface area (Å²) in [6.45, 7) is 3.76. The van der Waals surface area contributed by atoms with Gasteiger partial charge in [-0.15, -0.1) is 11.3 Å². The molecular formula is C11H15N3O3S2. The Balaban J connectivity index is 2.17. The Morgan fingerprint density at radius 1 is 1.58 bits per heavy atom. The smallest absolute Gasteiger partial charge is 0.250 e. The van der Waals surface area contributed by atoms with Crippen molar-refractivity contribution >= 4 is 21.4 Å². The van der Waals surface area contributed by atoms with Crippen molar-refractivity contribution in [2.24, 2.45) is 5.73 Å². The van der Waals surface area contributed by atoms with Crippen LogP contribution < -0.4 is 10.5 Å². The second kappa shape index (κ2) is 5.41. The van der Waals surface area contributed by atoms with E-state index in [9.17, 15) is 8.42 Å². The number of nitrogens with two attached hydrogens (primary N) is 1. The van der Waals surface area contributed by atoms with Crippen LogP contribution in [0.4, 0.5) is 0 Å². The summed E-state index contributed by atoms with van der Waals surface area (Å²) in [7, 11) is -3.57. The number of aromatic nitrogens is 1. The van der Waals surface area contributed by atoms with Gasteiger partial charge in [0, 0.05) is 6.54 Å². The molecule has 0 spiro atoms. The minimum atomic E-state index is -3.57. The number of thiophene rings is 1. The second-order valence-corrected chi connectivity index (χ2v) is 6.98. The van der Waals surface area contributed by atoms with Crippen LogP contribution in [0.15, 0.2) is 26.3 Å². The molecule has 2 aromatic heterocycles. The summed E-state index contributed by atoms with van der Waals surface area (Å²) in [6, 6.07) is 1.04. The average molecular weight is 301 g/mol. The standard InChI is InChI=1S/C11H15N3O3S2/c1-7-5-13-11(17-7)8(2)14-19(15,16)10-3-9(4-12)6-18-10/h3,5-6,8,14H,4,12H2,1-2H3. The fourth-order valence-corrected chi connectivity index (χ4v) is 3.95. The molecule has 2 rings (SSSR count). The van der Waals surface area contributed by atoms with Crippen LogP contribution in [0.5, 0.6) is 0 Å². The van der Waals surface area contributed by atoms with Crippen LogP contribution in [-0.2, 0) is 16.6 Å². The van der Waals surface area contributed by atoms with Crippen LogP contribution in [0.25, 0.3) is 0 Å². The summed E-state index contributed by atoms with van der Waals surface area (Å²) in [5, 5.41) is 1.73. The maximum absolute atomic E-state index is 12.1. The third-order valence-electron chi connectivity index (χ3n) is 2.47. The first-order chi connectivity index (χ1) is 8.92. The molecule has 6 nitrogen and oxygen atoms in total. The lowest BCUT2D eigenvalue weighted by atomic mass is 10.4. The van der Waals surface area contributed by atoms with Crippen LogP contribution in [0.2, 0.25) is 0 Å². The van der Waals surface area contributed by atoms with Crippen molar-refractivity contribution in [3.05, 3.63) is 34.9 Å². The highest BCUT2D eigenvalue weighted by Crippen LogP contribution is 2.22. The van der Waals surface area contributed by atoms with Gasteiger partial charge < -0.3 is 10.2 Å². The van der Waals surface area contributed by atoms with Gasteiger partial charge >= 0.3 is 0 Å². The Labute approximate surface area is 115 Å². The molecular weight excluding hydrogens is 286 g/mol. The number of sulfonamides is 1. The molecule has 2 heterocycles. The molecule has 0 radical (unpaired) electrons. The van der Waals surface area contributed by atoms with Gasteiger partial charge in [0.15, 0.2) is 0 Å². The fraction of sp³-hybridized carbons (Fsp3) is 0.364. The van der Waals surface area contributed by atoms with E-state index in [2.05, 4.69) is 9.71 Å². The first-order valence-corrected chi connectivity index (χ1v) is 8.01. The first kappa shape index (κ1) is 14.2. The highest BCUT2D eigenvalue weighted by Gasteiger charge is 2.22. The third-order valence-corrected chi connectivity index (χ3v) is 5.50. The van der Waals surface area contributed by atoms with Crippen molar-refractivity contribution in [3.63, 3.8) is 0 Å². The Morgan fingerprint density at radius 2 is 2.32 bits per heavy atom. The summed E-state index contributed by atoms with van der Waals surface area (Å²) in [5.74, 6) is 0.985. The molecule has 1 unspecified atom stereocenters. The monoisotopic (exact) mass is 301 g/mol. The molecule has 0 aliphatic carbocycles. The molecule has 0 bridgehead atoms. The van der Waals surface area contributed by atoms with E-state index >= 15 is 0 Å². The van der Waals surface area contributed by atoms with Crippen molar-refractivity contribution < 1.29 is 12.8 Å². The van der Waals surface area contributed by atoms with Gasteiger partial charge in [0.05, 0.1) is 12.2 Å². The number of aryl methyl sites for hydroxylation is 1. The van der Waals surface area contributed by atoms with Crippen LogP contribution >= 0.6 is 11.3 Å². The summed E-state index contributed by atoms with van der Waals surface area (Å²) >= 11 is 1.14. The maximum Gasteiger partial charge on any atom is 0.250 e. The zero-order valence-corrected chi connectivity index (χ0v) is 12.2. The van der Waals surface area contributed by atoms with E-state index in [0.717, 1.165) is 16.9 Å². The van der Waals surface area contributed by atoms with Gasteiger partial charge in [-0.2, -0.15) is 4.72 Å². The van der Waals surface area contributed by atoms with Gasteiger partial charge in [-0.05, 0) is 30.9 Å². The fourth-order valence-electron chi connectivity index (χ4n) is 1.51. The normalized spacial score (nSPS) is 13.6. The van der Waals surface area contributed by atoms with E-state index in [1.54, 1.807) is 31.5 Å². The van der Waals surface area contributed by atoms with Gasteiger partial charge in [-0.1, -0.05) is 0 Å². The van der Waals surface area contributed by atoms with Crippen molar-refractivity contribution in [1.82, 2.24) is 9.71 Å². The number of nitrogens with one attached hydrogen (secondary N) is 1. The first-order valence-electron chi connectivity index (χ1n) is 5.64. The van der Waals surface area contributed by atoms with Crippen LogP contribution in [0.3, 0.4) is 0 Å². The van der Waals surface area contributed by atoms with Crippen molar-refractivity contribution in [3.8, 4) is 0 Å². The highest BCUT2D eigenvalue weighted by molar-refractivity contribution is 7.91. The van der Waals surface area contributed by atoms with Crippen LogP contribution in [0.1, 0.15) is 30.2 Å². The highest BCUT2D eigenvalue weighted by atomic mass is 32.2. The van der Waals surface area contributed by atoms with E-state index in [1.165, 1.54) is 0 Å². The predicted molar refractivity (Wildman–Crippen MR) is 72.2 cm³/mol. The number of rotatable bonds is 5. The Hall–Kier alpha value is -1.22. The molecule has 0 amide bonds. The maximum atomic E-state index is 12.1. The molecule has 19 heavy (non-hydrogen) atoms. The molecule has 0 saturated carbocycles. The summed E-state index contributed by atoms with van der Waals surface area (Å²) in [5.41, 5.74) is 6.26. The molecule has 8 heteroatoms. The van der Waals surface area contributed by atoms with E-state index in [-0.39, 0.29) is 4.21 Å². The quantitative estimate of drug-likeness (QED) is 0.873. The van der Waals surface area contributed by atoms with Crippen molar-refractivity contribution in [2.45, 2.75) is 30.6 Å². The van der Waals surface area contributed by atoms with E-state index < -0.39 is 16.1 Å². The molecule has 0 aromatic carbocycles.